The van der Waals surface area contributed by atoms with E-state index >= 15 is 0 Å². The molecular formula is C19H18F3N5O3. The van der Waals surface area contributed by atoms with Gasteiger partial charge in [-0.2, -0.15) is 18.3 Å². The zero-order valence-electron chi connectivity index (χ0n) is 15.7. The Bertz CT molecular complexity index is 1130. The molecule has 3 aromatic rings. The Kier molecular flexibility index (Phi) is 5.29. The lowest BCUT2D eigenvalue weighted by Gasteiger charge is -2.11. The molecule has 1 aliphatic rings. The third-order valence-electron chi connectivity index (χ3n) is 4.84. The maximum Gasteiger partial charge on any atom is 0.416 e. The number of halogens is 3. The van der Waals surface area contributed by atoms with E-state index in [1.165, 1.54) is 24.7 Å². The highest BCUT2D eigenvalue weighted by atomic mass is 19.4. The second kappa shape index (κ2) is 7.90. The topological polar surface area (TPSA) is 91.0 Å². The van der Waals surface area contributed by atoms with Gasteiger partial charge in [0.1, 0.15) is 18.3 Å². The van der Waals surface area contributed by atoms with Gasteiger partial charge in [0.25, 0.3) is 5.56 Å². The molecule has 0 saturated carbocycles. The number of nitrogens with zero attached hydrogens (tertiary/aromatic N) is 4. The monoisotopic (exact) mass is 421 g/mol. The van der Waals surface area contributed by atoms with Crippen LogP contribution >= 0.6 is 0 Å². The first-order valence-corrected chi connectivity index (χ1v) is 9.32. The number of aromatic nitrogens is 4. The Balaban J connectivity index is 1.56. The second-order valence-corrected chi connectivity index (χ2v) is 6.96. The van der Waals surface area contributed by atoms with Crippen LogP contribution in [0.2, 0.25) is 0 Å². The van der Waals surface area contributed by atoms with Gasteiger partial charge in [-0.15, -0.1) is 0 Å². The summed E-state index contributed by atoms with van der Waals surface area (Å²) in [6.07, 6.45) is -0.278. The largest absolute Gasteiger partial charge is 0.416 e. The number of benzene rings is 1. The van der Waals surface area contributed by atoms with Gasteiger partial charge in [0.15, 0.2) is 5.65 Å². The number of carbonyl (C=O) groups excluding carboxylic acids is 1. The number of carbonyl (C=O) groups is 1. The van der Waals surface area contributed by atoms with E-state index in [1.807, 2.05) is 0 Å². The van der Waals surface area contributed by atoms with Gasteiger partial charge in [0, 0.05) is 13.2 Å². The van der Waals surface area contributed by atoms with E-state index in [9.17, 15) is 22.8 Å². The standard InChI is InChI=1S/C19H18F3N5O3/c20-19(21,22)12-3-1-4-13(7-12)27-17-15(9-25-27)18(29)26(11-24-17)10-16(28)23-8-14-5-2-6-30-14/h1,3-4,7,9,11,14H,2,5-6,8,10H2,(H,23,28)/t14-/m0/s1. The van der Waals surface area contributed by atoms with Gasteiger partial charge < -0.3 is 10.1 Å². The van der Waals surface area contributed by atoms with Crippen LogP contribution < -0.4 is 10.9 Å². The van der Waals surface area contributed by atoms with Crippen molar-refractivity contribution in [1.29, 1.82) is 0 Å². The van der Waals surface area contributed by atoms with Gasteiger partial charge in [-0.05, 0) is 31.0 Å². The minimum atomic E-state index is -4.50. The smallest absolute Gasteiger partial charge is 0.376 e. The number of rotatable bonds is 5. The maximum atomic E-state index is 13.0. The lowest BCUT2D eigenvalue weighted by molar-refractivity contribution is -0.137. The molecule has 1 amide bonds. The van der Waals surface area contributed by atoms with E-state index in [0.717, 1.165) is 34.2 Å². The molecule has 0 unspecified atom stereocenters. The summed E-state index contributed by atoms with van der Waals surface area (Å²) in [4.78, 5) is 29.0. The van der Waals surface area contributed by atoms with Crippen molar-refractivity contribution < 1.29 is 22.7 Å². The van der Waals surface area contributed by atoms with E-state index in [4.69, 9.17) is 4.74 Å². The molecule has 1 fully saturated rings. The summed E-state index contributed by atoms with van der Waals surface area (Å²) in [6.45, 7) is 0.816. The molecule has 158 valence electrons. The fourth-order valence-electron chi connectivity index (χ4n) is 3.31. The summed E-state index contributed by atoms with van der Waals surface area (Å²) in [5.74, 6) is -0.362. The predicted octanol–water partition coefficient (Wildman–Crippen LogP) is 1.90. The Morgan fingerprint density at radius 3 is 2.90 bits per heavy atom. The van der Waals surface area contributed by atoms with E-state index in [2.05, 4.69) is 15.4 Å². The van der Waals surface area contributed by atoms with Crippen LogP contribution in [-0.2, 0) is 22.3 Å². The van der Waals surface area contributed by atoms with E-state index in [-0.39, 0.29) is 35.3 Å². The SMILES string of the molecule is O=C(Cn1cnc2c(cnn2-c2cccc(C(F)(F)F)c2)c1=O)NC[C@@H]1CCCO1. The van der Waals surface area contributed by atoms with Gasteiger partial charge in [-0.1, -0.05) is 6.07 Å². The van der Waals surface area contributed by atoms with Crippen molar-refractivity contribution in [3.63, 3.8) is 0 Å². The summed E-state index contributed by atoms with van der Waals surface area (Å²) >= 11 is 0. The Labute approximate surface area is 168 Å². The quantitative estimate of drug-likeness (QED) is 0.680. The number of amides is 1. The van der Waals surface area contributed by atoms with E-state index in [1.54, 1.807) is 0 Å². The molecule has 2 aromatic heterocycles. The van der Waals surface area contributed by atoms with Crippen molar-refractivity contribution in [2.75, 3.05) is 13.2 Å². The molecule has 1 aliphatic heterocycles. The number of nitrogens with one attached hydrogen (secondary N) is 1. The molecule has 0 bridgehead atoms. The molecule has 0 radical (unpaired) electrons. The van der Waals surface area contributed by atoms with Crippen LogP contribution in [0.3, 0.4) is 0 Å². The fraction of sp³-hybridized carbons (Fsp3) is 0.368. The number of ether oxygens (including phenoxy) is 1. The van der Waals surface area contributed by atoms with Gasteiger partial charge in [-0.25, -0.2) is 9.67 Å². The first-order valence-electron chi connectivity index (χ1n) is 9.32. The lowest BCUT2D eigenvalue weighted by Crippen LogP contribution is -2.36. The number of hydrogen-bond acceptors (Lipinski definition) is 5. The maximum absolute atomic E-state index is 13.0. The van der Waals surface area contributed by atoms with Crippen LogP contribution in [0.25, 0.3) is 16.7 Å². The minimum Gasteiger partial charge on any atom is -0.376 e. The van der Waals surface area contributed by atoms with Crippen molar-refractivity contribution in [2.45, 2.75) is 31.7 Å². The van der Waals surface area contributed by atoms with Crippen LogP contribution in [0.4, 0.5) is 13.2 Å². The first kappa shape index (κ1) is 20.1. The fourth-order valence-corrected chi connectivity index (χ4v) is 3.31. The molecule has 1 N–H and O–H groups in total. The number of fused-ring (bicyclic) bond motifs is 1. The molecule has 4 rings (SSSR count). The van der Waals surface area contributed by atoms with Gasteiger partial charge >= 0.3 is 6.18 Å². The van der Waals surface area contributed by atoms with E-state index in [0.29, 0.717) is 13.2 Å². The van der Waals surface area contributed by atoms with E-state index < -0.39 is 17.3 Å². The zero-order chi connectivity index (χ0) is 21.3. The molecule has 8 nitrogen and oxygen atoms in total. The molecular weight excluding hydrogens is 403 g/mol. The normalized spacial score (nSPS) is 16.8. The highest BCUT2D eigenvalue weighted by molar-refractivity contribution is 5.77. The molecule has 0 aliphatic carbocycles. The highest BCUT2D eigenvalue weighted by Gasteiger charge is 2.30. The minimum absolute atomic E-state index is 0.0167. The number of alkyl halides is 3. The van der Waals surface area contributed by atoms with Crippen molar-refractivity contribution in [2.24, 2.45) is 0 Å². The molecule has 11 heteroatoms. The highest BCUT2D eigenvalue weighted by Crippen LogP contribution is 2.30. The molecule has 1 aromatic carbocycles. The molecule has 30 heavy (non-hydrogen) atoms. The van der Waals surface area contributed by atoms with Crippen LogP contribution in [0.1, 0.15) is 18.4 Å². The Morgan fingerprint density at radius 2 is 2.17 bits per heavy atom. The summed E-state index contributed by atoms with van der Waals surface area (Å²) < 4.78 is 46.7. The average Bonchev–Trinajstić information content (AvgIpc) is 3.38. The van der Waals surface area contributed by atoms with Crippen molar-refractivity contribution in [3.05, 3.63) is 52.7 Å². The zero-order valence-corrected chi connectivity index (χ0v) is 15.7. The summed E-state index contributed by atoms with van der Waals surface area (Å²) in [7, 11) is 0. The summed E-state index contributed by atoms with van der Waals surface area (Å²) in [5.41, 5.74) is -1.11. The van der Waals surface area contributed by atoms with Crippen LogP contribution in [0, 0.1) is 0 Å². The predicted molar refractivity (Wildman–Crippen MR) is 100 cm³/mol. The Morgan fingerprint density at radius 1 is 1.33 bits per heavy atom. The molecule has 3 heterocycles. The van der Waals surface area contributed by atoms with Crippen molar-refractivity contribution >= 4 is 16.9 Å². The second-order valence-electron chi connectivity index (χ2n) is 6.96. The third kappa shape index (κ3) is 4.06. The summed E-state index contributed by atoms with van der Waals surface area (Å²) in [5, 5.41) is 6.83. The van der Waals surface area contributed by atoms with Gasteiger partial charge in [0.05, 0.1) is 23.6 Å². The van der Waals surface area contributed by atoms with Gasteiger partial charge in [0.2, 0.25) is 5.91 Å². The first-order chi connectivity index (χ1) is 14.3. The molecule has 0 spiro atoms. The average molecular weight is 421 g/mol. The van der Waals surface area contributed by atoms with Crippen LogP contribution in [0.5, 0.6) is 0 Å². The summed E-state index contributed by atoms with van der Waals surface area (Å²) in [6, 6.07) is 4.57. The van der Waals surface area contributed by atoms with Crippen LogP contribution in [0.15, 0.2) is 41.6 Å². The van der Waals surface area contributed by atoms with Gasteiger partial charge in [-0.3, -0.25) is 14.2 Å². The molecule has 1 atom stereocenters. The van der Waals surface area contributed by atoms with Crippen LogP contribution in [-0.4, -0.2) is 44.5 Å². The number of hydrogen-bond donors (Lipinski definition) is 1. The Hall–Kier alpha value is -3.21. The lowest BCUT2D eigenvalue weighted by atomic mass is 10.2. The van der Waals surface area contributed by atoms with Crippen molar-refractivity contribution in [1.82, 2.24) is 24.6 Å². The third-order valence-corrected chi connectivity index (χ3v) is 4.84. The molecule has 1 saturated heterocycles. The van der Waals surface area contributed by atoms with Crippen molar-refractivity contribution in [3.8, 4) is 5.69 Å².